The van der Waals surface area contributed by atoms with Gasteiger partial charge >= 0.3 is 5.97 Å². The molecule has 1 aromatic carbocycles. The van der Waals surface area contributed by atoms with E-state index in [0.717, 1.165) is 6.42 Å². The number of hydrogen-bond donors (Lipinski definition) is 0. The van der Waals surface area contributed by atoms with Gasteiger partial charge in [-0.2, -0.15) is 0 Å². The Morgan fingerprint density at radius 2 is 2.24 bits per heavy atom. The molecule has 0 saturated heterocycles. The first-order valence-electron chi connectivity index (χ1n) is 6.52. The average Bonchev–Trinajstić information content (AvgIpc) is 2.86. The van der Waals surface area contributed by atoms with Gasteiger partial charge in [-0.3, -0.25) is 0 Å². The topological polar surface area (TPSA) is 57.0 Å². The van der Waals surface area contributed by atoms with E-state index in [9.17, 15) is 9.18 Å². The number of carbonyl (C=O) groups is 1. The Hall–Kier alpha value is -1.95. The van der Waals surface area contributed by atoms with Crippen LogP contribution in [-0.2, 0) is 17.7 Å². The van der Waals surface area contributed by atoms with Gasteiger partial charge in [0.1, 0.15) is 5.82 Å². The number of methoxy groups -OCH3 is 1. The minimum Gasteiger partial charge on any atom is -0.464 e. The number of nitrogens with zero attached hydrogens (tertiary/aromatic N) is 3. The molecule has 7 heteroatoms. The van der Waals surface area contributed by atoms with E-state index >= 15 is 0 Å². The van der Waals surface area contributed by atoms with E-state index in [4.69, 9.17) is 11.6 Å². The van der Waals surface area contributed by atoms with Crippen LogP contribution in [0.15, 0.2) is 18.2 Å². The fourth-order valence-corrected chi connectivity index (χ4v) is 2.23. The van der Waals surface area contributed by atoms with Gasteiger partial charge in [0.25, 0.3) is 0 Å². The minimum absolute atomic E-state index is 0.0536. The van der Waals surface area contributed by atoms with Crippen molar-refractivity contribution in [1.29, 1.82) is 0 Å². The van der Waals surface area contributed by atoms with Crippen LogP contribution in [0.3, 0.4) is 0 Å². The summed E-state index contributed by atoms with van der Waals surface area (Å²) >= 11 is 5.76. The number of rotatable bonds is 5. The predicted octanol–water partition coefficient (Wildman–Crippen LogP) is 2.86. The summed E-state index contributed by atoms with van der Waals surface area (Å²) in [6.07, 6.45) is 1.40. The zero-order valence-electron chi connectivity index (χ0n) is 11.8. The molecule has 0 N–H and O–H groups in total. The summed E-state index contributed by atoms with van der Waals surface area (Å²) in [5.74, 6) is -1.03. The lowest BCUT2D eigenvalue weighted by molar-refractivity contribution is 0.0592. The highest BCUT2D eigenvalue weighted by atomic mass is 35.5. The summed E-state index contributed by atoms with van der Waals surface area (Å²) in [5.41, 5.74) is 1.19. The fourth-order valence-electron chi connectivity index (χ4n) is 2.03. The molecule has 21 heavy (non-hydrogen) atoms. The quantitative estimate of drug-likeness (QED) is 0.797. The smallest absolute Gasteiger partial charge is 0.360 e. The first kappa shape index (κ1) is 15.4. The highest BCUT2D eigenvalue weighted by Gasteiger charge is 2.20. The van der Waals surface area contributed by atoms with Crippen molar-refractivity contribution in [3.05, 3.63) is 46.0 Å². The number of hydrogen-bond acceptors (Lipinski definition) is 4. The van der Waals surface area contributed by atoms with Crippen LogP contribution >= 0.6 is 11.6 Å². The Morgan fingerprint density at radius 3 is 2.90 bits per heavy atom. The van der Waals surface area contributed by atoms with Crippen LogP contribution in [0.5, 0.6) is 0 Å². The van der Waals surface area contributed by atoms with E-state index in [1.54, 1.807) is 12.1 Å². The molecule has 1 heterocycles. The van der Waals surface area contributed by atoms with Crippen LogP contribution < -0.4 is 0 Å². The van der Waals surface area contributed by atoms with Crippen LogP contribution in [-0.4, -0.2) is 28.1 Å². The van der Waals surface area contributed by atoms with Gasteiger partial charge in [-0.05, 0) is 12.5 Å². The maximum Gasteiger partial charge on any atom is 0.360 e. The number of carbonyl (C=O) groups excluding carboxylic acids is 1. The summed E-state index contributed by atoms with van der Waals surface area (Å²) in [5, 5.41) is 7.82. The van der Waals surface area contributed by atoms with Crippen molar-refractivity contribution in [3.8, 4) is 0 Å². The molecule has 0 atom stereocenters. The molecule has 112 valence electrons. The molecule has 0 aliphatic rings. The highest BCUT2D eigenvalue weighted by molar-refractivity contribution is 6.30. The molecule has 2 aromatic rings. The minimum atomic E-state index is -0.545. The first-order chi connectivity index (χ1) is 10.1. The number of benzene rings is 1. The molecule has 0 amide bonds. The van der Waals surface area contributed by atoms with Crippen molar-refractivity contribution in [2.75, 3.05) is 7.11 Å². The largest absolute Gasteiger partial charge is 0.464 e. The summed E-state index contributed by atoms with van der Waals surface area (Å²) in [6.45, 7) is 2.13. The second kappa shape index (κ2) is 6.67. The molecular weight excluding hydrogens is 297 g/mol. The maximum atomic E-state index is 14.0. The van der Waals surface area contributed by atoms with E-state index in [1.165, 1.54) is 17.9 Å². The number of halogens is 2. The van der Waals surface area contributed by atoms with Crippen molar-refractivity contribution in [2.45, 2.75) is 26.3 Å². The summed E-state index contributed by atoms with van der Waals surface area (Å²) in [6, 6.07) is 4.77. The zero-order valence-corrected chi connectivity index (χ0v) is 12.5. The maximum absolute atomic E-state index is 14.0. The lowest BCUT2D eigenvalue weighted by Gasteiger charge is -2.08. The highest BCUT2D eigenvalue weighted by Crippen LogP contribution is 2.20. The van der Waals surface area contributed by atoms with Gasteiger partial charge in [0.2, 0.25) is 0 Å². The number of ether oxygens (including phenoxy) is 1. The molecule has 0 saturated carbocycles. The predicted molar refractivity (Wildman–Crippen MR) is 75.9 cm³/mol. The zero-order chi connectivity index (χ0) is 15.4. The Morgan fingerprint density at radius 1 is 1.48 bits per heavy atom. The van der Waals surface area contributed by atoms with Gasteiger partial charge in [0.05, 0.1) is 24.4 Å². The molecule has 1 aromatic heterocycles. The third kappa shape index (κ3) is 3.21. The second-order valence-corrected chi connectivity index (χ2v) is 4.90. The lowest BCUT2D eigenvalue weighted by Crippen LogP contribution is -2.11. The van der Waals surface area contributed by atoms with E-state index in [2.05, 4.69) is 15.0 Å². The third-order valence-electron chi connectivity index (χ3n) is 3.05. The third-order valence-corrected chi connectivity index (χ3v) is 3.35. The molecule has 0 unspecified atom stereocenters. The Balaban J connectivity index is 2.38. The molecule has 5 nitrogen and oxygen atoms in total. The number of esters is 1. The van der Waals surface area contributed by atoms with Crippen LogP contribution in [0.1, 0.15) is 35.1 Å². The average molecular weight is 312 g/mol. The van der Waals surface area contributed by atoms with Crippen molar-refractivity contribution in [1.82, 2.24) is 15.0 Å². The summed E-state index contributed by atoms with van der Waals surface area (Å²) in [7, 11) is 1.29. The fraction of sp³-hybridized carbons (Fsp3) is 0.357. The number of aromatic nitrogens is 3. The standard InChI is InChI=1S/C14H15ClFN3O2/c1-3-5-11-13(14(20)21-2)17-18-19(11)8-9-6-4-7-10(15)12(9)16/h4,6-7H,3,5,8H2,1-2H3. The lowest BCUT2D eigenvalue weighted by atomic mass is 10.1. The van der Waals surface area contributed by atoms with Gasteiger partial charge in [-0.1, -0.05) is 42.3 Å². The second-order valence-electron chi connectivity index (χ2n) is 4.50. The molecule has 0 fully saturated rings. The van der Waals surface area contributed by atoms with Gasteiger partial charge in [-0.15, -0.1) is 5.10 Å². The van der Waals surface area contributed by atoms with E-state index in [-0.39, 0.29) is 17.3 Å². The van der Waals surface area contributed by atoms with Gasteiger partial charge in [0, 0.05) is 5.56 Å². The van der Waals surface area contributed by atoms with E-state index in [0.29, 0.717) is 17.7 Å². The monoisotopic (exact) mass is 311 g/mol. The first-order valence-corrected chi connectivity index (χ1v) is 6.89. The van der Waals surface area contributed by atoms with Crippen molar-refractivity contribution >= 4 is 17.6 Å². The van der Waals surface area contributed by atoms with Gasteiger partial charge < -0.3 is 4.74 Å². The Bertz CT molecular complexity index is 658. The van der Waals surface area contributed by atoms with Crippen LogP contribution in [0.25, 0.3) is 0 Å². The van der Waals surface area contributed by atoms with Gasteiger partial charge in [-0.25, -0.2) is 13.9 Å². The van der Waals surface area contributed by atoms with Gasteiger partial charge in [0.15, 0.2) is 5.69 Å². The summed E-state index contributed by atoms with van der Waals surface area (Å²) < 4.78 is 20.1. The van der Waals surface area contributed by atoms with Crippen LogP contribution in [0.4, 0.5) is 4.39 Å². The Labute approximate surface area is 126 Å². The van der Waals surface area contributed by atoms with Crippen molar-refractivity contribution < 1.29 is 13.9 Å². The molecule has 0 aliphatic heterocycles. The van der Waals surface area contributed by atoms with Crippen molar-refractivity contribution in [3.63, 3.8) is 0 Å². The Kier molecular flexibility index (Phi) is 4.90. The van der Waals surface area contributed by atoms with Crippen LogP contribution in [0.2, 0.25) is 5.02 Å². The molecule has 0 spiro atoms. The molecule has 0 aliphatic carbocycles. The molecule has 0 bridgehead atoms. The molecular formula is C14H15ClFN3O2. The van der Waals surface area contributed by atoms with Crippen molar-refractivity contribution in [2.24, 2.45) is 0 Å². The molecule has 2 rings (SSSR count). The summed E-state index contributed by atoms with van der Waals surface area (Å²) in [4.78, 5) is 11.7. The van der Waals surface area contributed by atoms with E-state index in [1.807, 2.05) is 6.92 Å². The SMILES string of the molecule is CCCc1c(C(=O)OC)nnn1Cc1cccc(Cl)c1F. The van der Waals surface area contributed by atoms with Crippen LogP contribution in [0, 0.1) is 5.82 Å². The van der Waals surface area contributed by atoms with E-state index < -0.39 is 11.8 Å². The molecule has 0 radical (unpaired) electrons. The normalized spacial score (nSPS) is 10.7.